The van der Waals surface area contributed by atoms with Gasteiger partial charge in [-0.3, -0.25) is 9.59 Å². The number of nitrogens with one attached hydrogen (secondary N) is 1. The molecule has 0 aliphatic carbocycles. The molecule has 0 spiro atoms. The number of benzene rings is 1. The first-order chi connectivity index (χ1) is 11.7. The third-order valence-corrected chi connectivity index (χ3v) is 3.92. The SMILES string of the molecule is COc1ccc(NC(=O)Cc2ccc(N3CCCC3=O)cc2)cn1. The molecule has 2 aromatic rings. The van der Waals surface area contributed by atoms with Crippen LogP contribution in [0.15, 0.2) is 42.6 Å². The third kappa shape index (κ3) is 3.71. The fourth-order valence-electron chi connectivity index (χ4n) is 2.68. The van der Waals surface area contributed by atoms with Gasteiger partial charge in [-0.1, -0.05) is 12.1 Å². The van der Waals surface area contributed by atoms with Crippen molar-refractivity contribution in [3.63, 3.8) is 0 Å². The molecule has 1 aliphatic rings. The highest BCUT2D eigenvalue weighted by Crippen LogP contribution is 2.21. The molecule has 0 unspecified atom stereocenters. The quantitative estimate of drug-likeness (QED) is 0.916. The van der Waals surface area contributed by atoms with Crippen molar-refractivity contribution in [2.24, 2.45) is 0 Å². The van der Waals surface area contributed by atoms with Crippen LogP contribution >= 0.6 is 0 Å². The van der Waals surface area contributed by atoms with Crippen molar-refractivity contribution in [3.05, 3.63) is 48.2 Å². The van der Waals surface area contributed by atoms with Crippen LogP contribution in [0.2, 0.25) is 0 Å². The number of nitrogens with zero attached hydrogens (tertiary/aromatic N) is 2. The number of amides is 2. The van der Waals surface area contributed by atoms with Crippen molar-refractivity contribution in [1.82, 2.24) is 4.98 Å². The molecule has 0 bridgehead atoms. The zero-order valence-corrected chi connectivity index (χ0v) is 13.5. The summed E-state index contributed by atoms with van der Waals surface area (Å²) in [6.07, 6.45) is 3.33. The number of anilines is 2. The van der Waals surface area contributed by atoms with Gasteiger partial charge in [0.05, 0.1) is 25.4 Å². The molecule has 0 radical (unpaired) electrons. The lowest BCUT2D eigenvalue weighted by atomic mass is 10.1. The monoisotopic (exact) mass is 325 g/mol. The molecule has 124 valence electrons. The Labute approximate surface area is 140 Å². The van der Waals surface area contributed by atoms with Crippen LogP contribution in [0.3, 0.4) is 0 Å². The van der Waals surface area contributed by atoms with Gasteiger partial charge in [0, 0.05) is 24.7 Å². The summed E-state index contributed by atoms with van der Waals surface area (Å²) < 4.78 is 4.98. The standard InChI is InChI=1S/C18H19N3O3/c1-24-17-9-6-14(12-19-17)20-16(22)11-13-4-7-15(8-5-13)21-10-2-3-18(21)23/h4-9,12H,2-3,10-11H2,1H3,(H,20,22). The number of aromatic nitrogens is 1. The van der Waals surface area contributed by atoms with Crippen molar-refractivity contribution < 1.29 is 14.3 Å². The average molecular weight is 325 g/mol. The Kier molecular flexibility index (Phi) is 4.74. The number of carbonyl (C=O) groups excluding carboxylic acids is 2. The predicted octanol–water partition coefficient (Wildman–Crippen LogP) is 2.40. The van der Waals surface area contributed by atoms with Crippen molar-refractivity contribution >= 4 is 23.2 Å². The van der Waals surface area contributed by atoms with E-state index in [1.165, 1.54) is 0 Å². The Hall–Kier alpha value is -2.89. The van der Waals surface area contributed by atoms with Gasteiger partial charge in [-0.2, -0.15) is 0 Å². The molecule has 1 N–H and O–H groups in total. The van der Waals surface area contributed by atoms with Gasteiger partial charge in [0.25, 0.3) is 0 Å². The largest absolute Gasteiger partial charge is 0.481 e. The van der Waals surface area contributed by atoms with E-state index in [2.05, 4.69) is 10.3 Å². The summed E-state index contributed by atoms with van der Waals surface area (Å²) in [7, 11) is 1.54. The maximum atomic E-state index is 12.1. The van der Waals surface area contributed by atoms with E-state index < -0.39 is 0 Å². The van der Waals surface area contributed by atoms with Crippen molar-refractivity contribution in [1.29, 1.82) is 0 Å². The van der Waals surface area contributed by atoms with Gasteiger partial charge in [-0.15, -0.1) is 0 Å². The molecule has 2 amide bonds. The normalized spacial score (nSPS) is 13.9. The van der Waals surface area contributed by atoms with Gasteiger partial charge < -0.3 is 15.0 Å². The zero-order valence-electron chi connectivity index (χ0n) is 13.5. The number of carbonyl (C=O) groups is 2. The maximum Gasteiger partial charge on any atom is 0.228 e. The predicted molar refractivity (Wildman–Crippen MR) is 91.2 cm³/mol. The molecule has 6 nitrogen and oxygen atoms in total. The summed E-state index contributed by atoms with van der Waals surface area (Å²) in [5, 5.41) is 2.80. The summed E-state index contributed by atoms with van der Waals surface area (Å²) in [5.74, 6) is 0.541. The second kappa shape index (κ2) is 7.12. The number of pyridine rings is 1. The maximum absolute atomic E-state index is 12.1. The molecule has 1 saturated heterocycles. The highest BCUT2D eigenvalue weighted by Gasteiger charge is 2.21. The minimum Gasteiger partial charge on any atom is -0.481 e. The molecular formula is C18H19N3O3. The van der Waals surface area contributed by atoms with Crippen LogP contribution in [0.25, 0.3) is 0 Å². The van der Waals surface area contributed by atoms with E-state index in [9.17, 15) is 9.59 Å². The highest BCUT2D eigenvalue weighted by molar-refractivity contribution is 5.95. The summed E-state index contributed by atoms with van der Waals surface area (Å²) in [6, 6.07) is 11.0. The van der Waals surface area contributed by atoms with Gasteiger partial charge >= 0.3 is 0 Å². The number of ether oxygens (including phenoxy) is 1. The summed E-state index contributed by atoms with van der Waals surface area (Å²) in [6.45, 7) is 0.767. The molecule has 1 aliphatic heterocycles. The Morgan fingerprint density at radius 1 is 1.25 bits per heavy atom. The Morgan fingerprint density at radius 3 is 2.62 bits per heavy atom. The van der Waals surface area contributed by atoms with E-state index in [0.717, 1.165) is 24.2 Å². The number of hydrogen-bond acceptors (Lipinski definition) is 4. The first-order valence-electron chi connectivity index (χ1n) is 7.85. The Bertz CT molecular complexity index is 726. The third-order valence-electron chi connectivity index (χ3n) is 3.92. The fourth-order valence-corrected chi connectivity index (χ4v) is 2.68. The minimum absolute atomic E-state index is 0.119. The molecule has 24 heavy (non-hydrogen) atoms. The second-order valence-corrected chi connectivity index (χ2v) is 5.63. The van der Waals surface area contributed by atoms with E-state index >= 15 is 0 Å². The summed E-state index contributed by atoms with van der Waals surface area (Å²) in [5.41, 5.74) is 2.41. The van der Waals surface area contributed by atoms with Crippen LogP contribution < -0.4 is 15.0 Å². The van der Waals surface area contributed by atoms with Crippen LogP contribution in [0.5, 0.6) is 5.88 Å². The molecule has 1 aromatic carbocycles. The molecule has 3 rings (SSSR count). The number of hydrogen-bond donors (Lipinski definition) is 1. The van der Waals surface area contributed by atoms with Gasteiger partial charge in [0.2, 0.25) is 17.7 Å². The van der Waals surface area contributed by atoms with Crippen LogP contribution in [0, 0.1) is 0 Å². The summed E-state index contributed by atoms with van der Waals surface area (Å²) in [4.78, 5) is 29.7. The molecule has 6 heteroatoms. The Morgan fingerprint density at radius 2 is 2.04 bits per heavy atom. The lowest BCUT2D eigenvalue weighted by Gasteiger charge is -2.15. The first kappa shape index (κ1) is 16.0. The molecule has 0 saturated carbocycles. The zero-order chi connectivity index (χ0) is 16.9. The number of methoxy groups -OCH3 is 1. The lowest BCUT2D eigenvalue weighted by molar-refractivity contribution is -0.117. The minimum atomic E-state index is -0.119. The van der Waals surface area contributed by atoms with Crippen molar-refractivity contribution in [2.45, 2.75) is 19.3 Å². The van der Waals surface area contributed by atoms with Crippen LogP contribution in [0.1, 0.15) is 18.4 Å². The van der Waals surface area contributed by atoms with E-state index in [4.69, 9.17) is 4.74 Å². The highest BCUT2D eigenvalue weighted by atomic mass is 16.5. The molecule has 1 fully saturated rings. The van der Waals surface area contributed by atoms with E-state index in [1.54, 1.807) is 30.3 Å². The van der Waals surface area contributed by atoms with Crippen LogP contribution in [-0.4, -0.2) is 30.5 Å². The van der Waals surface area contributed by atoms with Crippen LogP contribution in [-0.2, 0) is 16.0 Å². The lowest BCUT2D eigenvalue weighted by Crippen LogP contribution is -2.23. The van der Waals surface area contributed by atoms with Gasteiger partial charge in [0.15, 0.2) is 0 Å². The topological polar surface area (TPSA) is 71.5 Å². The second-order valence-electron chi connectivity index (χ2n) is 5.63. The Balaban J connectivity index is 1.58. The van der Waals surface area contributed by atoms with E-state index in [-0.39, 0.29) is 18.2 Å². The molecule has 2 heterocycles. The summed E-state index contributed by atoms with van der Waals surface area (Å²) >= 11 is 0. The van der Waals surface area contributed by atoms with Gasteiger partial charge in [0.1, 0.15) is 0 Å². The average Bonchev–Trinajstić information content (AvgIpc) is 3.02. The van der Waals surface area contributed by atoms with Gasteiger partial charge in [-0.25, -0.2) is 4.98 Å². The fraction of sp³-hybridized carbons (Fsp3) is 0.278. The van der Waals surface area contributed by atoms with Crippen molar-refractivity contribution in [2.75, 3.05) is 23.9 Å². The van der Waals surface area contributed by atoms with Gasteiger partial charge in [-0.05, 0) is 30.2 Å². The smallest absolute Gasteiger partial charge is 0.228 e. The van der Waals surface area contributed by atoms with E-state index in [0.29, 0.717) is 18.0 Å². The first-order valence-corrected chi connectivity index (χ1v) is 7.85. The van der Waals surface area contributed by atoms with Crippen molar-refractivity contribution in [3.8, 4) is 5.88 Å². The van der Waals surface area contributed by atoms with E-state index in [1.807, 2.05) is 24.3 Å². The van der Waals surface area contributed by atoms with Crippen LogP contribution in [0.4, 0.5) is 11.4 Å². The molecular weight excluding hydrogens is 306 g/mol. The molecule has 0 atom stereocenters. The molecule has 1 aromatic heterocycles. The number of rotatable bonds is 5.